The molecule has 0 saturated carbocycles. The minimum Gasteiger partial charge on any atom is -0.378 e. The van der Waals surface area contributed by atoms with Crippen LogP contribution in [0.2, 0.25) is 0 Å². The quantitative estimate of drug-likeness (QED) is 0.656. The molecule has 0 amide bonds. The van der Waals surface area contributed by atoms with Gasteiger partial charge in [0.2, 0.25) is 10.0 Å². The summed E-state index contributed by atoms with van der Waals surface area (Å²) in [6.07, 6.45) is 1.65. The first-order valence-corrected chi connectivity index (χ1v) is 12.8. The Labute approximate surface area is 185 Å². The zero-order chi connectivity index (χ0) is 22.8. The minimum atomic E-state index is -3.87. The fraction of sp³-hybridized carbons (Fsp3) is 0.364. The SMILES string of the molecule is COCC1=C[C@H](C)N(S(=O)(=O)c2ccc(C)cc2)CCN1S(=O)(=O)c1ccc(C)cc1. The van der Waals surface area contributed by atoms with Crippen LogP contribution in [0.1, 0.15) is 18.1 Å². The minimum absolute atomic E-state index is 0.0131. The van der Waals surface area contributed by atoms with Crippen molar-refractivity contribution in [1.29, 1.82) is 0 Å². The number of hydrogen-bond donors (Lipinski definition) is 0. The van der Waals surface area contributed by atoms with Crippen LogP contribution in [0.4, 0.5) is 0 Å². The maximum absolute atomic E-state index is 13.4. The van der Waals surface area contributed by atoms with Gasteiger partial charge in [0.25, 0.3) is 10.0 Å². The van der Waals surface area contributed by atoms with Crippen molar-refractivity contribution in [3.63, 3.8) is 0 Å². The van der Waals surface area contributed by atoms with Gasteiger partial charge in [0, 0.05) is 26.2 Å². The second-order valence-electron chi connectivity index (χ2n) is 7.65. The highest BCUT2D eigenvalue weighted by Crippen LogP contribution is 2.27. The average molecular weight is 465 g/mol. The number of hydrogen-bond acceptors (Lipinski definition) is 5. The molecule has 0 fully saturated rings. The Balaban J connectivity index is 2.00. The lowest BCUT2D eigenvalue weighted by Gasteiger charge is -2.27. The molecule has 0 N–H and O–H groups in total. The molecule has 7 nitrogen and oxygen atoms in total. The lowest BCUT2D eigenvalue weighted by molar-refractivity contribution is 0.208. The molecule has 2 aromatic rings. The molecule has 1 aliphatic heterocycles. The standard InChI is InChI=1S/C22H28N2O5S2/c1-17-5-9-21(10-6-17)30(25,26)23-13-14-24(20(16-29-4)15-19(23)3)31(27,28)22-11-7-18(2)8-12-22/h5-12,15,19H,13-14,16H2,1-4H3/t19-/m0/s1. The number of aryl methyl sites for hydroxylation is 2. The summed E-state index contributed by atoms with van der Waals surface area (Å²) in [6.45, 7) is 5.57. The number of rotatable bonds is 6. The summed E-state index contributed by atoms with van der Waals surface area (Å²) in [5.41, 5.74) is 2.32. The van der Waals surface area contributed by atoms with Gasteiger partial charge in [0.15, 0.2) is 0 Å². The largest absolute Gasteiger partial charge is 0.378 e. The molecular weight excluding hydrogens is 436 g/mol. The normalized spacial score (nSPS) is 18.5. The molecule has 0 unspecified atom stereocenters. The molecule has 2 aromatic carbocycles. The van der Waals surface area contributed by atoms with E-state index in [-0.39, 0.29) is 29.5 Å². The molecule has 9 heteroatoms. The van der Waals surface area contributed by atoms with Crippen LogP contribution in [-0.4, -0.2) is 58.3 Å². The zero-order valence-corrected chi connectivity index (χ0v) is 19.8. The molecule has 1 atom stereocenters. The maximum Gasteiger partial charge on any atom is 0.264 e. The molecule has 0 spiro atoms. The summed E-state index contributed by atoms with van der Waals surface area (Å²) in [6, 6.07) is 12.7. The highest BCUT2D eigenvalue weighted by atomic mass is 32.2. The van der Waals surface area contributed by atoms with Crippen LogP contribution in [0, 0.1) is 13.8 Å². The van der Waals surface area contributed by atoms with Crippen LogP contribution in [0.15, 0.2) is 70.1 Å². The van der Waals surface area contributed by atoms with Gasteiger partial charge in [-0.15, -0.1) is 0 Å². The third-order valence-corrected chi connectivity index (χ3v) is 9.13. The first-order chi connectivity index (χ1) is 14.6. The second kappa shape index (κ2) is 9.12. The van der Waals surface area contributed by atoms with Crippen molar-refractivity contribution >= 4 is 20.0 Å². The fourth-order valence-electron chi connectivity index (χ4n) is 3.55. The lowest BCUT2D eigenvalue weighted by Crippen LogP contribution is -2.41. The number of nitrogens with zero attached hydrogens (tertiary/aromatic N) is 2. The molecule has 1 heterocycles. The maximum atomic E-state index is 13.4. The van der Waals surface area contributed by atoms with Crippen LogP contribution in [0.3, 0.4) is 0 Å². The van der Waals surface area contributed by atoms with E-state index >= 15 is 0 Å². The van der Waals surface area contributed by atoms with Crippen LogP contribution < -0.4 is 0 Å². The number of sulfonamides is 2. The van der Waals surface area contributed by atoms with Gasteiger partial charge in [-0.3, -0.25) is 4.31 Å². The fourth-order valence-corrected chi connectivity index (χ4v) is 6.60. The molecule has 168 valence electrons. The van der Waals surface area contributed by atoms with E-state index in [4.69, 9.17) is 4.74 Å². The van der Waals surface area contributed by atoms with Crippen molar-refractivity contribution in [1.82, 2.24) is 8.61 Å². The Morgan fingerprint density at radius 3 is 1.81 bits per heavy atom. The van der Waals surface area contributed by atoms with E-state index in [9.17, 15) is 16.8 Å². The first-order valence-electron chi connectivity index (χ1n) is 9.95. The lowest BCUT2D eigenvalue weighted by atomic mass is 10.2. The van der Waals surface area contributed by atoms with Crippen LogP contribution in [-0.2, 0) is 24.8 Å². The van der Waals surface area contributed by atoms with Crippen molar-refractivity contribution in [2.24, 2.45) is 0 Å². The molecule has 0 saturated heterocycles. The highest BCUT2D eigenvalue weighted by molar-refractivity contribution is 7.89. The van der Waals surface area contributed by atoms with Gasteiger partial charge in [0.1, 0.15) is 0 Å². The van der Waals surface area contributed by atoms with Gasteiger partial charge in [-0.2, -0.15) is 4.31 Å². The Bertz CT molecular complexity index is 1160. The summed E-state index contributed by atoms with van der Waals surface area (Å²) in [7, 11) is -6.19. The summed E-state index contributed by atoms with van der Waals surface area (Å²) in [5, 5.41) is 0. The van der Waals surface area contributed by atoms with Crippen molar-refractivity contribution in [3.8, 4) is 0 Å². The second-order valence-corrected chi connectivity index (χ2v) is 11.4. The van der Waals surface area contributed by atoms with E-state index in [1.165, 1.54) is 15.7 Å². The predicted molar refractivity (Wildman–Crippen MR) is 120 cm³/mol. The number of benzene rings is 2. The molecule has 3 rings (SSSR count). The van der Waals surface area contributed by atoms with Gasteiger partial charge in [0.05, 0.1) is 22.1 Å². The molecule has 0 aliphatic carbocycles. The van der Waals surface area contributed by atoms with Gasteiger partial charge in [-0.1, -0.05) is 35.4 Å². The monoisotopic (exact) mass is 464 g/mol. The summed E-state index contributed by atoms with van der Waals surface area (Å²) in [5.74, 6) is 0. The van der Waals surface area contributed by atoms with Crippen LogP contribution in [0.5, 0.6) is 0 Å². The smallest absolute Gasteiger partial charge is 0.264 e. The Morgan fingerprint density at radius 2 is 1.32 bits per heavy atom. The Hall–Kier alpha value is -2.20. The van der Waals surface area contributed by atoms with Crippen molar-refractivity contribution in [2.75, 3.05) is 26.8 Å². The molecular formula is C22H28N2O5S2. The summed E-state index contributed by atoms with van der Waals surface area (Å²) in [4.78, 5) is 0.337. The van der Waals surface area contributed by atoms with Gasteiger partial charge >= 0.3 is 0 Å². The topological polar surface area (TPSA) is 84.0 Å². The average Bonchev–Trinajstić information content (AvgIpc) is 2.88. The Morgan fingerprint density at radius 1 is 0.839 bits per heavy atom. The van der Waals surface area contributed by atoms with Gasteiger partial charge in [-0.05, 0) is 51.1 Å². The first kappa shape index (κ1) is 23.5. The van der Waals surface area contributed by atoms with Gasteiger partial charge < -0.3 is 4.74 Å². The number of methoxy groups -OCH3 is 1. The molecule has 0 radical (unpaired) electrons. The van der Waals surface area contributed by atoms with E-state index in [0.717, 1.165) is 11.1 Å². The Kier molecular flexibility index (Phi) is 6.90. The third-order valence-electron chi connectivity index (χ3n) is 5.26. The molecule has 0 aromatic heterocycles. The zero-order valence-electron chi connectivity index (χ0n) is 18.1. The van der Waals surface area contributed by atoms with E-state index in [1.54, 1.807) is 61.5 Å². The van der Waals surface area contributed by atoms with E-state index in [0.29, 0.717) is 5.70 Å². The van der Waals surface area contributed by atoms with Crippen LogP contribution in [0.25, 0.3) is 0 Å². The number of ether oxygens (including phenoxy) is 1. The van der Waals surface area contributed by atoms with Crippen molar-refractivity contribution in [2.45, 2.75) is 36.6 Å². The molecule has 31 heavy (non-hydrogen) atoms. The molecule has 1 aliphatic rings. The van der Waals surface area contributed by atoms with Crippen molar-refractivity contribution in [3.05, 3.63) is 71.4 Å². The van der Waals surface area contributed by atoms with E-state index in [2.05, 4.69) is 0 Å². The van der Waals surface area contributed by atoms with E-state index < -0.39 is 26.1 Å². The third kappa shape index (κ3) is 4.85. The van der Waals surface area contributed by atoms with E-state index in [1.807, 2.05) is 13.8 Å². The molecule has 0 bridgehead atoms. The van der Waals surface area contributed by atoms with Gasteiger partial charge in [-0.25, -0.2) is 16.8 Å². The van der Waals surface area contributed by atoms with Crippen LogP contribution >= 0.6 is 0 Å². The predicted octanol–water partition coefficient (Wildman–Crippen LogP) is 2.92. The summed E-state index contributed by atoms with van der Waals surface area (Å²) >= 11 is 0. The highest BCUT2D eigenvalue weighted by Gasteiger charge is 2.35. The van der Waals surface area contributed by atoms with Crippen molar-refractivity contribution < 1.29 is 21.6 Å². The summed E-state index contributed by atoms with van der Waals surface area (Å²) < 4.78 is 61.1.